The number of hydrogen-bond donors (Lipinski definition) is 5. The number of aliphatic hydroxyl groups excluding tert-OH is 1. The molecule has 0 saturated heterocycles. The number of halogens is 4. The number of nitrogens with zero attached hydrogens (tertiary/aromatic N) is 8. The Bertz CT molecular complexity index is 6850. The summed E-state index contributed by atoms with van der Waals surface area (Å²) in [6, 6.07) is 35.6. The van der Waals surface area contributed by atoms with Gasteiger partial charge in [-0.25, -0.2) is 51.2 Å². The zero-order valence-electron chi connectivity index (χ0n) is 79.5. The summed E-state index contributed by atoms with van der Waals surface area (Å²) in [6.45, 7) is 9.00. The summed E-state index contributed by atoms with van der Waals surface area (Å²) in [5, 5.41) is 20.4. The van der Waals surface area contributed by atoms with Gasteiger partial charge in [-0.05, 0) is 231 Å². The highest BCUT2D eigenvalue weighted by Crippen LogP contribution is 2.61. The largest absolute Gasteiger partial charge is 0.395 e. The van der Waals surface area contributed by atoms with Gasteiger partial charge >= 0.3 is 0 Å². The smallest absolute Gasteiger partial charge is 0.270 e. The van der Waals surface area contributed by atoms with Crippen LogP contribution >= 0.6 is 0 Å². The molecule has 0 atom stereocenters. The molecule has 12 aliphatic rings. The third kappa shape index (κ3) is 18.5. The SMILES string of the molecule is CCC1(S(=O)(=O)C2(CN3CCn4c(ccc(C(=O)NCc5ccc(C)cc5)c4=O)C3=O)CC2)CC1.Cc1ccc(CNC(=O)c2ccc3n(c2=O)CCN(CC2(S(=O)(=O)C4(CF)CC4)CC2)C3=O)cc1.Cc1ccc(CNC(=O)c2ccc3n(c2=O)CCN(CC2(S(=O)(=O)C4(CF)CC4)CC2)C3=O)cc1F.Cc1ccc(CNC(=O)c2ccc3n(c2=O)CCN(CC2(S(=O)(=O)C4(CO)CC4)CC2)C3=O)cc1F. The first-order valence-electron chi connectivity index (χ1n) is 47.9. The lowest BCUT2D eigenvalue weighted by Crippen LogP contribution is -2.51. The Hall–Kier alpha value is -12.1. The first-order chi connectivity index (χ1) is 67.3. The highest BCUT2D eigenvalue weighted by atomic mass is 32.2. The van der Waals surface area contributed by atoms with Gasteiger partial charge in [0.15, 0.2) is 39.3 Å². The van der Waals surface area contributed by atoms with Gasteiger partial charge in [-0.3, -0.25) is 57.5 Å². The Labute approximate surface area is 817 Å². The van der Waals surface area contributed by atoms with Crippen LogP contribution in [0.5, 0.6) is 0 Å². The van der Waals surface area contributed by atoms with E-state index in [1.54, 1.807) is 43.0 Å². The Morgan fingerprint density at radius 1 is 0.310 bits per heavy atom. The normalized spacial score (nSPS) is 19.6. The number of fused-ring (bicyclic) bond motifs is 4. The standard InChI is InChI=1S/C26H31N3O5S.C25H27F2N3O5S.C25H28FN3O6S.C25H28FN3O5S/c1-3-25(10-11-25)35(33,34)26(12-13-26)17-28-14-15-29-21(24(28)32)9-8-20(23(29)31)22(30)27-16-19-6-4-18(2)5-7-19;1-16-2-3-17(12-19(16)27)13-28-21(31)18-4-5-20-23(33)29(10-11-30(20)22(18)32)15-25(8-9-25)36(34,35)24(14-26)6-7-24;1-16-2-3-17(12-19(16)26)13-27-21(31)18-4-5-20-23(33)28(10-11-29(20)22(18)32)14-24(6-7-24)36(34,35)25(15-30)8-9-25;1-17-2-4-18(5-3-17)14-27-21(30)19-6-7-20-23(32)28(12-13-29(20)22(19)31)16-25(10-11-25)35(33,34)24(15-26)8-9-24/h4-9H,3,10-17H2,1-2H3,(H,27,30);2-5,12H,6-11,13-15H2,1H3,(H,28,31);2-5,12,30H,6-11,13-15H2,1H3,(H,27,31);2-7H,8-16H2,1H3,(H,27,30). The summed E-state index contributed by atoms with van der Waals surface area (Å²) in [7, 11) is -14.4. The highest BCUT2D eigenvalue weighted by Gasteiger charge is 2.72. The third-order valence-corrected chi connectivity index (χ3v) is 44.5. The molecule has 8 fully saturated rings. The lowest BCUT2D eigenvalue weighted by atomic mass is 10.1. The molecule has 8 amide bonds. The summed E-state index contributed by atoms with van der Waals surface area (Å²) < 4.78 is 157. The van der Waals surface area contributed by atoms with E-state index in [4.69, 9.17) is 0 Å². The number of carbonyl (C=O) groups is 8. The van der Waals surface area contributed by atoms with Gasteiger partial charge in [0.1, 0.15) is 79.5 Å². The molecule has 4 aromatic heterocycles. The van der Waals surface area contributed by atoms with Gasteiger partial charge in [-0.2, -0.15) is 0 Å². The number of hydrogen-bond acceptors (Lipinski definition) is 21. The topological polar surface area (TPSA) is 442 Å². The van der Waals surface area contributed by atoms with Crippen LogP contribution in [0.4, 0.5) is 17.6 Å². The average molecular weight is 2040 g/mol. The van der Waals surface area contributed by atoms with Gasteiger partial charge < -0.3 is 64.2 Å². The van der Waals surface area contributed by atoms with Gasteiger partial charge in [0.05, 0.1) is 35.1 Å². The summed E-state index contributed by atoms with van der Waals surface area (Å²) in [4.78, 5) is 161. The molecule has 0 unspecified atom stereocenters. The predicted molar refractivity (Wildman–Crippen MR) is 516 cm³/mol. The molecule has 0 radical (unpaired) electrons. The molecule has 756 valence electrons. The van der Waals surface area contributed by atoms with Crippen molar-refractivity contribution >= 4 is 86.6 Å². The van der Waals surface area contributed by atoms with E-state index in [9.17, 15) is 114 Å². The van der Waals surface area contributed by atoms with Gasteiger partial charge in [-0.15, -0.1) is 0 Å². The van der Waals surface area contributed by atoms with Crippen LogP contribution in [0.1, 0.15) is 244 Å². The molecule has 8 saturated carbocycles. The predicted octanol–water partition coefficient (Wildman–Crippen LogP) is 7.71. The van der Waals surface area contributed by atoms with Crippen LogP contribution in [-0.4, -0.2) is 234 Å². The van der Waals surface area contributed by atoms with Gasteiger partial charge in [0, 0.05) is 105 Å². The Balaban J connectivity index is 0.000000130. The Morgan fingerprint density at radius 3 is 0.754 bits per heavy atom. The highest BCUT2D eigenvalue weighted by molar-refractivity contribution is 7.95. The number of benzene rings is 4. The van der Waals surface area contributed by atoms with E-state index in [1.807, 2.05) is 69.3 Å². The van der Waals surface area contributed by atoms with Crippen LogP contribution in [-0.2, 0) is 91.7 Å². The van der Waals surface area contributed by atoms with Crippen molar-refractivity contribution in [2.24, 2.45) is 0 Å². The van der Waals surface area contributed by atoms with Crippen molar-refractivity contribution in [1.82, 2.24) is 59.1 Å². The molecular formula is C101H114F4N12O21S4. The molecule has 8 aromatic rings. The van der Waals surface area contributed by atoms with Crippen molar-refractivity contribution in [2.45, 2.75) is 234 Å². The van der Waals surface area contributed by atoms with E-state index in [2.05, 4.69) is 21.3 Å². The molecule has 41 heteroatoms. The summed E-state index contributed by atoms with van der Waals surface area (Å²) in [6.07, 6.45) is 7.79. The Kier molecular flexibility index (Phi) is 27.1. The number of aryl methyl sites for hydroxylation is 4. The number of aromatic nitrogens is 4. The number of rotatable bonds is 32. The fourth-order valence-electron chi connectivity index (χ4n) is 19.9. The van der Waals surface area contributed by atoms with Crippen molar-refractivity contribution in [1.29, 1.82) is 0 Å². The monoisotopic (exact) mass is 2030 g/mol. The number of nitrogens with one attached hydrogen (secondary N) is 4. The van der Waals surface area contributed by atoms with E-state index < -0.39 is 167 Å². The van der Waals surface area contributed by atoms with Crippen molar-refractivity contribution in [2.75, 3.05) is 72.3 Å². The number of carbonyl (C=O) groups excluding carboxylic acids is 8. The second-order valence-electron chi connectivity index (χ2n) is 40.4. The lowest BCUT2D eigenvalue weighted by Gasteiger charge is -2.34. The van der Waals surface area contributed by atoms with Crippen LogP contribution in [0.25, 0.3) is 0 Å². The van der Waals surface area contributed by atoms with E-state index in [0.717, 1.165) is 22.3 Å². The molecule has 20 rings (SSSR count). The second kappa shape index (κ2) is 37.9. The minimum Gasteiger partial charge on any atom is -0.395 e. The van der Waals surface area contributed by atoms with Crippen molar-refractivity contribution in [3.63, 3.8) is 0 Å². The molecule has 4 aliphatic heterocycles. The maximum absolute atomic E-state index is 13.8. The minimum atomic E-state index is -3.74. The van der Waals surface area contributed by atoms with Crippen LogP contribution < -0.4 is 43.5 Å². The zero-order valence-corrected chi connectivity index (χ0v) is 82.8. The van der Waals surface area contributed by atoms with Crippen LogP contribution in [0.2, 0.25) is 0 Å². The van der Waals surface area contributed by atoms with Crippen molar-refractivity contribution in [3.8, 4) is 0 Å². The third-order valence-electron chi connectivity index (χ3n) is 31.0. The van der Waals surface area contributed by atoms with Crippen molar-refractivity contribution < 1.29 is 94.7 Å². The van der Waals surface area contributed by atoms with Gasteiger partial charge in [0.2, 0.25) is 0 Å². The average Bonchev–Trinajstić information content (AvgIpc) is 1.54. The summed E-state index contributed by atoms with van der Waals surface area (Å²) in [5.41, 5.74) is 3.95. The summed E-state index contributed by atoms with van der Waals surface area (Å²) in [5.74, 6) is -4.83. The molecule has 4 aromatic carbocycles. The van der Waals surface area contributed by atoms with Crippen LogP contribution in [0.3, 0.4) is 0 Å². The first-order valence-corrected chi connectivity index (χ1v) is 53.8. The van der Waals surface area contributed by atoms with E-state index in [1.165, 1.54) is 93.6 Å². The quantitative estimate of drug-likeness (QED) is 0.0252. The van der Waals surface area contributed by atoms with Crippen LogP contribution in [0, 0.1) is 39.3 Å². The Morgan fingerprint density at radius 2 is 0.535 bits per heavy atom. The van der Waals surface area contributed by atoms with Crippen molar-refractivity contribution in [3.05, 3.63) is 276 Å². The maximum atomic E-state index is 13.8. The molecule has 142 heavy (non-hydrogen) atoms. The molecule has 0 spiro atoms. The van der Waals surface area contributed by atoms with E-state index >= 15 is 0 Å². The molecular weight excluding hydrogens is 1920 g/mol. The second-order valence-corrected chi connectivity index (χ2v) is 51.3. The number of aliphatic hydroxyl groups is 1. The zero-order chi connectivity index (χ0) is 102. The number of sulfone groups is 4. The lowest BCUT2D eigenvalue weighted by molar-refractivity contribution is 0.0688. The fraction of sp³-hybridized carbons (Fsp3) is 0.485. The number of pyridine rings is 4. The first kappa shape index (κ1) is 101. The fourth-order valence-corrected chi connectivity index (χ4v) is 30.8. The molecule has 0 bridgehead atoms. The van der Waals surface area contributed by atoms with E-state index in [-0.39, 0.29) is 155 Å². The minimum absolute atomic E-state index is 0.00287. The molecule has 8 heterocycles. The maximum Gasteiger partial charge on any atom is 0.270 e. The molecule has 33 nitrogen and oxygen atoms in total. The van der Waals surface area contributed by atoms with E-state index in [0.29, 0.717) is 138 Å². The van der Waals surface area contributed by atoms with Crippen LogP contribution in [0.15, 0.2) is 153 Å². The molecule has 8 aliphatic carbocycles. The molecule has 5 N–H and O–H groups in total. The summed E-state index contributed by atoms with van der Waals surface area (Å²) >= 11 is 0. The van der Waals surface area contributed by atoms with Gasteiger partial charge in [0.25, 0.3) is 69.5 Å². The number of alkyl halides is 2. The number of amides is 8. The van der Waals surface area contributed by atoms with Gasteiger partial charge in [-0.1, -0.05) is 90.8 Å².